The molecule has 1 aromatic rings. The molecule has 1 fully saturated rings. The van der Waals surface area contributed by atoms with Gasteiger partial charge in [-0.1, -0.05) is 55.3 Å². The van der Waals surface area contributed by atoms with Gasteiger partial charge in [0.1, 0.15) is 0 Å². The van der Waals surface area contributed by atoms with Crippen molar-refractivity contribution in [2.24, 2.45) is 5.92 Å². The van der Waals surface area contributed by atoms with Crippen molar-refractivity contribution >= 4 is 6.08 Å². The number of hydrogen-bond donors (Lipinski definition) is 1. The van der Waals surface area contributed by atoms with Gasteiger partial charge in [-0.15, -0.1) is 0 Å². The van der Waals surface area contributed by atoms with Crippen molar-refractivity contribution < 1.29 is 0 Å². The molecule has 0 aliphatic heterocycles. The van der Waals surface area contributed by atoms with Crippen LogP contribution in [0.4, 0.5) is 0 Å². The van der Waals surface area contributed by atoms with Crippen LogP contribution in [0.25, 0.3) is 6.08 Å². The molecule has 1 atom stereocenters. The molecular weight excluding hydrogens is 206 g/mol. The van der Waals surface area contributed by atoms with Gasteiger partial charge in [0.15, 0.2) is 0 Å². The summed E-state index contributed by atoms with van der Waals surface area (Å²) in [6.07, 6.45) is 10.1. The average molecular weight is 229 g/mol. The Labute approximate surface area is 105 Å². The summed E-state index contributed by atoms with van der Waals surface area (Å²) >= 11 is 0. The van der Waals surface area contributed by atoms with Gasteiger partial charge in [-0.05, 0) is 31.2 Å². The largest absolute Gasteiger partial charge is 0.311 e. The Morgan fingerprint density at radius 2 is 1.94 bits per heavy atom. The highest BCUT2D eigenvalue weighted by atomic mass is 14.9. The molecule has 1 heteroatoms. The molecule has 0 aromatic heterocycles. The van der Waals surface area contributed by atoms with Crippen LogP contribution in [0.2, 0.25) is 0 Å². The maximum Gasteiger partial charge on any atom is 0.0140 e. The SMILES string of the molecule is C[C@H](NC/C=C/c1ccccc1)C1CCCC1. The molecule has 0 spiro atoms. The minimum atomic E-state index is 0.665. The van der Waals surface area contributed by atoms with Crippen molar-refractivity contribution in [2.45, 2.75) is 38.6 Å². The van der Waals surface area contributed by atoms with Gasteiger partial charge in [0.25, 0.3) is 0 Å². The van der Waals surface area contributed by atoms with Crippen molar-refractivity contribution in [1.82, 2.24) is 5.32 Å². The van der Waals surface area contributed by atoms with E-state index < -0.39 is 0 Å². The van der Waals surface area contributed by atoms with E-state index in [1.54, 1.807) is 0 Å². The second-order valence-corrected chi connectivity index (χ2v) is 5.05. The summed E-state index contributed by atoms with van der Waals surface area (Å²) in [5.74, 6) is 0.903. The summed E-state index contributed by atoms with van der Waals surface area (Å²) in [5.41, 5.74) is 1.28. The number of nitrogens with one attached hydrogen (secondary N) is 1. The van der Waals surface area contributed by atoms with Crippen LogP contribution in [0.1, 0.15) is 38.2 Å². The highest BCUT2D eigenvalue weighted by molar-refractivity contribution is 5.48. The van der Waals surface area contributed by atoms with Gasteiger partial charge in [-0.25, -0.2) is 0 Å². The lowest BCUT2D eigenvalue weighted by Gasteiger charge is -2.19. The van der Waals surface area contributed by atoms with Crippen LogP contribution in [0.3, 0.4) is 0 Å². The molecule has 0 heterocycles. The van der Waals surface area contributed by atoms with Crippen LogP contribution in [0.5, 0.6) is 0 Å². The second-order valence-electron chi connectivity index (χ2n) is 5.05. The molecule has 0 radical (unpaired) electrons. The Morgan fingerprint density at radius 1 is 1.24 bits per heavy atom. The van der Waals surface area contributed by atoms with Crippen LogP contribution in [-0.4, -0.2) is 12.6 Å². The summed E-state index contributed by atoms with van der Waals surface area (Å²) in [4.78, 5) is 0. The average Bonchev–Trinajstić information content (AvgIpc) is 2.89. The van der Waals surface area contributed by atoms with Crippen molar-refractivity contribution in [3.8, 4) is 0 Å². The van der Waals surface area contributed by atoms with Crippen LogP contribution in [0, 0.1) is 5.92 Å². The van der Waals surface area contributed by atoms with E-state index in [1.807, 2.05) is 0 Å². The molecule has 92 valence electrons. The van der Waals surface area contributed by atoms with E-state index in [4.69, 9.17) is 0 Å². The zero-order chi connectivity index (χ0) is 11.9. The Morgan fingerprint density at radius 3 is 2.65 bits per heavy atom. The first-order valence-electron chi connectivity index (χ1n) is 6.81. The van der Waals surface area contributed by atoms with Crippen molar-refractivity contribution in [1.29, 1.82) is 0 Å². The number of hydrogen-bond acceptors (Lipinski definition) is 1. The molecule has 0 unspecified atom stereocenters. The highest BCUT2D eigenvalue weighted by Crippen LogP contribution is 2.27. The van der Waals surface area contributed by atoms with E-state index >= 15 is 0 Å². The Bertz CT molecular complexity index is 336. The van der Waals surface area contributed by atoms with E-state index in [2.05, 4.69) is 54.7 Å². The van der Waals surface area contributed by atoms with Gasteiger partial charge < -0.3 is 5.32 Å². The fraction of sp³-hybridized carbons (Fsp3) is 0.500. The molecule has 1 saturated carbocycles. The van der Waals surface area contributed by atoms with Crippen molar-refractivity contribution in [3.05, 3.63) is 42.0 Å². The van der Waals surface area contributed by atoms with Crippen LogP contribution < -0.4 is 5.32 Å². The molecular formula is C16H23N. The lowest BCUT2D eigenvalue weighted by molar-refractivity contribution is 0.395. The highest BCUT2D eigenvalue weighted by Gasteiger charge is 2.20. The third-order valence-corrected chi connectivity index (χ3v) is 3.77. The molecule has 0 amide bonds. The smallest absolute Gasteiger partial charge is 0.0140 e. The Hall–Kier alpha value is -1.08. The Kier molecular flexibility index (Phi) is 4.81. The third-order valence-electron chi connectivity index (χ3n) is 3.77. The standard InChI is InChI=1S/C16H23N/c1-14(16-11-5-6-12-16)17-13-7-10-15-8-3-2-4-9-15/h2-4,7-10,14,16-17H,5-6,11-13H2,1H3/b10-7+/t14-/m0/s1. The summed E-state index contributed by atoms with van der Waals surface area (Å²) in [7, 11) is 0. The summed E-state index contributed by atoms with van der Waals surface area (Å²) in [6.45, 7) is 3.30. The minimum absolute atomic E-state index is 0.665. The summed E-state index contributed by atoms with van der Waals surface area (Å²) in [5, 5.41) is 3.61. The molecule has 1 nitrogen and oxygen atoms in total. The van der Waals surface area contributed by atoms with E-state index in [0.29, 0.717) is 6.04 Å². The number of benzene rings is 1. The molecule has 1 aliphatic rings. The van der Waals surface area contributed by atoms with Gasteiger partial charge >= 0.3 is 0 Å². The monoisotopic (exact) mass is 229 g/mol. The first kappa shape index (κ1) is 12.4. The first-order valence-corrected chi connectivity index (χ1v) is 6.81. The van der Waals surface area contributed by atoms with Crippen molar-refractivity contribution in [2.75, 3.05) is 6.54 Å². The normalized spacial score (nSPS) is 18.9. The maximum atomic E-state index is 3.61. The molecule has 0 bridgehead atoms. The summed E-state index contributed by atoms with van der Waals surface area (Å²) < 4.78 is 0. The topological polar surface area (TPSA) is 12.0 Å². The van der Waals surface area contributed by atoms with Crippen molar-refractivity contribution in [3.63, 3.8) is 0 Å². The zero-order valence-electron chi connectivity index (χ0n) is 10.7. The van der Waals surface area contributed by atoms with E-state index in [9.17, 15) is 0 Å². The number of rotatable bonds is 5. The molecule has 1 N–H and O–H groups in total. The molecule has 1 aromatic carbocycles. The van der Waals surface area contributed by atoms with E-state index in [-0.39, 0.29) is 0 Å². The first-order chi connectivity index (χ1) is 8.36. The predicted octanol–water partition coefficient (Wildman–Crippen LogP) is 3.87. The van der Waals surface area contributed by atoms with E-state index in [1.165, 1.54) is 31.2 Å². The molecule has 2 rings (SSSR count). The van der Waals surface area contributed by atoms with E-state index in [0.717, 1.165) is 12.5 Å². The molecule has 17 heavy (non-hydrogen) atoms. The van der Waals surface area contributed by atoms with Gasteiger partial charge in [0, 0.05) is 12.6 Å². The zero-order valence-corrected chi connectivity index (χ0v) is 10.7. The maximum absolute atomic E-state index is 3.61. The van der Waals surface area contributed by atoms with Crippen LogP contribution in [0.15, 0.2) is 36.4 Å². The van der Waals surface area contributed by atoms with Crippen LogP contribution >= 0.6 is 0 Å². The van der Waals surface area contributed by atoms with Gasteiger partial charge in [-0.3, -0.25) is 0 Å². The predicted molar refractivity (Wildman–Crippen MR) is 74.9 cm³/mol. The quantitative estimate of drug-likeness (QED) is 0.808. The van der Waals surface area contributed by atoms with Crippen LogP contribution in [-0.2, 0) is 0 Å². The minimum Gasteiger partial charge on any atom is -0.311 e. The third kappa shape index (κ3) is 4.01. The molecule has 1 aliphatic carbocycles. The van der Waals surface area contributed by atoms with Gasteiger partial charge in [-0.2, -0.15) is 0 Å². The Balaban J connectivity index is 1.70. The summed E-state index contributed by atoms with van der Waals surface area (Å²) in [6, 6.07) is 11.1. The lowest BCUT2D eigenvalue weighted by Crippen LogP contribution is -2.32. The fourth-order valence-electron chi connectivity index (χ4n) is 2.64. The van der Waals surface area contributed by atoms with Gasteiger partial charge in [0.05, 0.1) is 0 Å². The van der Waals surface area contributed by atoms with Gasteiger partial charge in [0.2, 0.25) is 0 Å². The lowest BCUT2D eigenvalue weighted by atomic mass is 10.00. The fourth-order valence-corrected chi connectivity index (χ4v) is 2.64. The molecule has 0 saturated heterocycles. The second kappa shape index (κ2) is 6.61.